The molecular weight excluding hydrogens is 436 g/mol. The predicted octanol–water partition coefficient (Wildman–Crippen LogP) is 1.73. The summed E-state index contributed by atoms with van der Waals surface area (Å²) in [7, 11) is 1.84. The standard InChI is InChI=1S/C14H23F3N6.HI/c1-3-18-13(19-8-12-4-6-20-22(12)2)21-11-5-7-23(9-11)10-14(15,16)17;/h4,6,11H,3,5,7-10H2,1-2H3,(H2,18,19,21);1H. The number of likely N-dealkylation sites (tertiary alicyclic amines) is 1. The lowest BCUT2D eigenvalue weighted by molar-refractivity contribution is -0.143. The Balaban J connectivity index is 0.00000288. The van der Waals surface area contributed by atoms with Crippen molar-refractivity contribution in [3.05, 3.63) is 18.0 Å². The second-order valence-corrected chi connectivity index (χ2v) is 5.62. The van der Waals surface area contributed by atoms with Crippen LogP contribution < -0.4 is 10.6 Å². The average Bonchev–Trinajstić information content (AvgIpc) is 3.04. The van der Waals surface area contributed by atoms with Gasteiger partial charge in [-0.25, -0.2) is 4.99 Å². The second-order valence-electron chi connectivity index (χ2n) is 5.62. The molecule has 0 bridgehead atoms. The normalized spacial score (nSPS) is 19.2. The van der Waals surface area contributed by atoms with E-state index < -0.39 is 12.7 Å². The number of hydrogen-bond acceptors (Lipinski definition) is 3. The number of hydrogen-bond donors (Lipinski definition) is 2. The van der Waals surface area contributed by atoms with Crippen molar-refractivity contribution in [3.63, 3.8) is 0 Å². The molecule has 0 radical (unpaired) electrons. The van der Waals surface area contributed by atoms with Gasteiger partial charge in [-0.2, -0.15) is 18.3 Å². The first-order valence-corrected chi connectivity index (χ1v) is 7.68. The Kier molecular flexibility index (Phi) is 8.27. The van der Waals surface area contributed by atoms with Crippen LogP contribution in [0.5, 0.6) is 0 Å². The van der Waals surface area contributed by atoms with Crippen LogP contribution in [-0.2, 0) is 13.6 Å². The lowest BCUT2D eigenvalue weighted by atomic mass is 10.3. The van der Waals surface area contributed by atoms with Crippen molar-refractivity contribution in [2.45, 2.75) is 32.1 Å². The number of rotatable bonds is 5. The fraction of sp³-hybridized carbons (Fsp3) is 0.714. The largest absolute Gasteiger partial charge is 0.401 e. The van der Waals surface area contributed by atoms with Crippen molar-refractivity contribution in [2.75, 3.05) is 26.2 Å². The number of nitrogens with zero attached hydrogens (tertiary/aromatic N) is 4. The van der Waals surface area contributed by atoms with Gasteiger partial charge in [-0.15, -0.1) is 24.0 Å². The molecule has 2 N–H and O–H groups in total. The molecule has 1 aromatic rings. The highest BCUT2D eigenvalue weighted by molar-refractivity contribution is 14.0. The van der Waals surface area contributed by atoms with Crippen LogP contribution in [0.1, 0.15) is 19.0 Å². The van der Waals surface area contributed by atoms with Gasteiger partial charge in [-0.3, -0.25) is 9.58 Å². The SMILES string of the molecule is CCNC(=NCc1ccnn1C)NC1CCN(CC(F)(F)F)C1.I. The second kappa shape index (κ2) is 9.44. The molecular formula is C14H24F3IN6. The van der Waals surface area contributed by atoms with Crippen LogP contribution in [0, 0.1) is 0 Å². The van der Waals surface area contributed by atoms with E-state index in [9.17, 15) is 13.2 Å². The molecule has 0 aromatic carbocycles. The summed E-state index contributed by atoms with van der Waals surface area (Å²) in [4.78, 5) is 5.89. The summed E-state index contributed by atoms with van der Waals surface area (Å²) in [5.41, 5.74) is 0.965. The van der Waals surface area contributed by atoms with Gasteiger partial charge in [0, 0.05) is 38.9 Å². The smallest absolute Gasteiger partial charge is 0.357 e. The third-order valence-electron chi connectivity index (χ3n) is 3.68. The van der Waals surface area contributed by atoms with E-state index in [4.69, 9.17) is 0 Å². The Morgan fingerprint density at radius 2 is 2.21 bits per heavy atom. The Bertz CT molecular complexity index is 531. The van der Waals surface area contributed by atoms with Crippen LogP contribution in [0.3, 0.4) is 0 Å². The number of aromatic nitrogens is 2. The van der Waals surface area contributed by atoms with Crippen LogP contribution >= 0.6 is 24.0 Å². The maximum atomic E-state index is 12.4. The van der Waals surface area contributed by atoms with Gasteiger partial charge in [-0.05, 0) is 19.4 Å². The van der Waals surface area contributed by atoms with E-state index in [-0.39, 0.29) is 30.0 Å². The average molecular weight is 460 g/mol. The highest BCUT2D eigenvalue weighted by Gasteiger charge is 2.34. The summed E-state index contributed by atoms with van der Waals surface area (Å²) in [6.45, 7) is 3.06. The molecule has 0 saturated carbocycles. The predicted molar refractivity (Wildman–Crippen MR) is 97.5 cm³/mol. The Morgan fingerprint density at radius 1 is 1.46 bits per heavy atom. The van der Waals surface area contributed by atoms with Crippen molar-refractivity contribution in [1.29, 1.82) is 0 Å². The van der Waals surface area contributed by atoms with Crippen molar-refractivity contribution in [1.82, 2.24) is 25.3 Å². The van der Waals surface area contributed by atoms with Crippen molar-refractivity contribution in [3.8, 4) is 0 Å². The molecule has 6 nitrogen and oxygen atoms in total. The first-order chi connectivity index (χ1) is 10.9. The molecule has 2 heterocycles. The van der Waals surface area contributed by atoms with Crippen molar-refractivity contribution >= 4 is 29.9 Å². The van der Waals surface area contributed by atoms with E-state index in [1.807, 2.05) is 20.0 Å². The molecule has 0 spiro atoms. The molecule has 24 heavy (non-hydrogen) atoms. The molecule has 1 fully saturated rings. The van der Waals surface area contributed by atoms with Gasteiger partial charge in [0.1, 0.15) is 0 Å². The molecule has 1 aromatic heterocycles. The van der Waals surface area contributed by atoms with E-state index in [1.54, 1.807) is 10.9 Å². The summed E-state index contributed by atoms with van der Waals surface area (Å²) in [6.07, 6.45) is -1.77. The van der Waals surface area contributed by atoms with E-state index >= 15 is 0 Å². The quantitative estimate of drug-likeness (QED) is 0.400. The topological polar surface area (TPSA) is 57.5 Å². The first-order valence-electron chi connectivity index (χ1n) is 7.68. The first kappa shape index (κ1) is 21.0. The van der Waals surface area contributed by atoms with Crippen molar-refractivity contribution in [2.24, 2.45) is 12.0 Å². The van der Waals surface area contributed by atoms with Gasteiger partial charge in [-0.1, -0.05) is 0 Å². The summed E-state index contributed by atoms with van der Waals surface area (Å²) in [6, 6.07) is 1.86. The molecule has 2 rings (SSSR count). The molecule has 0 aliphatic carbocycles. The molecule has 138 valence electrons. The van der Waals surface area contributed by atoms with Crippen molar-refractivity contribution < 1.29 is 13.2 Å². The lowest BCUT2D eigenvalue weighted by Crippen LogP contribution is -2.45. The number of halogens is 4. The van der Waals surface area contributed by atoms with Crippen LogP contribution in [0.25, 0.3) is 0 Å². The Hall–Kier alpha value is -1.04. The Labute approximate surface area is 156 Å². The monoisotopic (exact) mass is 460 g/mol. The zero-order chi connectivity index (χ0) is 16.9. The summed E-state index contributed by atoms with van der Waals surface area (Å²) in [5.74, 6) is 0.618. The highest BCUT2D eigenvalue weighted by Crippen LogP contribution is 2.19. The van der Waals surface area contributed by atoms with E-state index in [1.165, 1.54) is 4.90 Å². The fourth-order valence-corrected chi connectivity index (χ4v) is 2.58. The van der Waals surface area contributed by atoms with Gasteiger partial charge in [0.25, 0.3) is 0 Å². The van der Waals surface area contributed by atoms with Gasteiger partial charge in [0.15, 0.2) is 5.96 Å². The number of aliphatic imine (C=N–C) groups is 1. The zero-order valence-electron chi connectivity index (χ0n) is 13.8. The number of nitrogens with one attached hydrogen (secondary N) is 2. The lowest BCUT2D eigenvalue weighted by Gasteiger charge is -2.19. The molecule has 1 unspecified atom stereocenters. The fourth-order valence-electron chi connectivity index (χ4n) is 2.58. The number of aryl methyl sites for hydroxylation is 1. The highest BCUT2D eigenvalue weighted by atomic mass is 127. The van der Waals surface area contributed by atoms with Gasteiger partial charge >= 0.3 is 6.18 Å². The van der Waals surface area contributed by atoms with E-state index in [0.717, 1.165) is 5.69 Å². The molecule has 1 atom stereocenters. The van der Waals surface area contributed by atoms with Crippen LogP contribution in [0.15, 0.2) is 17.3 Å². The number of alkyl halides is 3. The Morgan fingerprint density at radius 3 is 2.79 bits per heavy atom. The molecule has 1 saturated heterocycles. The summed E-state index contributed by atoms with van der Waals surface area (Å²) < 4.78 is 39.0. The third kappa shape index (κ3) is 6.83. The van der Waals surface area contributed by atoms with Gasteiger partial charge in [0.05, 0.1) is 18.8 Å². The van der Waals surface area contributed by atoms with E-state index in [2.05, 4.69) is 20.7 Å². The summed E-state index contributed by atoms with van der Waals surface area (Å²) >= 11 is 0. The molecule has 0 amide bonds. The molecule has 1 aliphatic rings. The minimum atomic E-state index is -4.15. The minimum Gasteiger partial charge on any atom is -0.357 e. The maximum absolute atomic E-state index is 12.4. The van der Waals surface area contributed by atoms with Crippen LogP contribution in [-0.4, -0.2) is 59.0 Å². The third-order valence-corrected chi connectivity index (χ3v) is 3.68. The van der Waals surface area contributed by atoms with Gasteiger partial charge in [0.2, 0.25) is 0 Å². The van der Waals surface area contributed by atoms with E-state index in [0.29, 0.717) is 38.6 Å². The van der Waals surface area contributed by atoms with Crippen LogP contribution in [0.2, 0.25) is 0 Å². The number of guanidine groups is 1. The molecule has 1 aliphatic heterocycles. The minimum absolute atomic E-state index is 0. The van der Waals surface area contributed by atoms with Crippen LogP contribution in [0.4, 0.5) is 13.2 Å². The summed E-state index contributed by atoms with van der Waals surface area (Å²) in [5, 5.41) is 10.4. The molecule has 10 heteroatoms. The maximum Gasteiger partial charge on any atom is 0.401 e. The zero-order valence-corrected chi connectivity index (χ0v) is 16.1. The van der Waals surface area contributed by atoms with Gasteiger partial charge < -0.3 is 10.6 Å².